The van der Waals surface area contributed by atoms with Crippen LogP contribution >= 0.6 is 24.0 Å². The number of guanidine groups is 1. The summed E-state index contributed by atoms with van der Waals surface area (Å²) in [6, 6.07) is 3.44. The molecule has 0 aliphatic carbocycles. The van der Waals surface area contributed by atoms with Crippen LogP contribution in [0.15, 0.2) is 29.5 Å². The van der Waals surface area contributed by atoms with Crippen molar-refractivity contribution in [2.45, 2.75) is 19.9 Å². The smallest absolute Gasteiger partial charge is 0.191 e. The van der Waals surface area contributed by atoms with Crippen LogP contribution < -0.4 is 15.4 Å². The van der Waals surface area contributed by atoms with E-state index in [0.717, 1.165) is 30.9 Å². The molecule has 10 heteroatoms. The Morgan fingerprint density at radius 1 is 1.23 bits per heavy atom. The highest BCUT2D eigenvalue weighted by Crippen LogP contribution is 2.14. The Balaban J connectivity index is 0.00000338. The van der Waals surface area contributed by atoms with Crippen LogP contribution in [-0.4, -0.2) is 47.5 Å². The molecule has 7 nitrogen and oxygen atoms in total. The van der Waals surface area contributed by atoms with E-state index in [4.69, 9.17) is 4.74 Å². The normalized spacial score (nSPS) is 11.0. The highest BCUT2D eigenvalue weighted by atomic mass is 127. The van der Waals surface area contributed by atoms with E-state index in [1.54, 1.807) is 13.4 Å². The fourth-order valence-electron chi connectivity index (χ4n) is 2.16. The van der Waals surface area contributed by atoms with Crippen molar-refractivity contribution in [3.63, 3.8) is 0 Å². The molecule has 144 valence electrons. The summed E-state index contributed by atoms with van der Waals surface area (Å²) in [4.78, 5) is 4.11. The first-order chi connectivity index (χ1) is 12.1. The molecule has 0 amide bonds. The van der Waals surface area contributed by atoms with Crippen molar-refractivity contribution in [2.75, 3.05) is 26.7 Å². The minimum absolute atomic E-state index is 0. The summed E-state index contributed by atoms with van der Waals surface area (Å²) < 4.78 is 33.2. The summed E-state index contributed by atoms with van der Waals surface area (Å²) in [6.45, 7) is 4.17. The predicted molar refractivity (Wildman–Crippen MR) is 106 cm³/mol. The number of nitrogens with one attached hydrogen (secondary N) is 2. The fraction of sp³-hybridized carbons (Fsp3) is 0.438. The molecule has 0 bridgehead atoms. The quantitative estimate of drug-likeness (QED) is 0.262. The number of aliphatic imine (C=N–C) groups is 1. The van der Waals surface area contributed by atoms with Gasteiger partial charge in [-0.1, -0.05) is 6.92 Å². The van der Waals surface area contributed by atoms with Gasteiger partial charge in [-0.2, -0.15) is 0 Å². The van der Waals surface area contributed by atoms with E-state index in [1.807, 2.05) is 11.5 Å². The number of ether oxygens (including phenoxy) is 1. The van der Waals surface area contributed by atoms with Gasteiger partial charge in [-0.15, -0.1) is 34.2 Å². The monoisotopic (exact) mass is 480 g/mol. The number of nitrogens with zero attached hydrogens (tertiary/aromatic N) is 4. The van der Waals surface area contributed by atoms with Gasteiger partial charge in [-0.05, 0) is 12.1 Å². The standard InChI is InChI=1S/C16H22F2N6O.HI/c1-3-15-23-22-11-24(15)8-6-20-16(19-2)21-7-9-25-12-4-5-13(17)14(18)10-12;/h4-5,10-11H,3,6-9H2,1-2H3,(H2,19,20,21);1H. The Kier molecular flexibility index (Phi) is 9.84. The van der Waals surface area contributed by atoms with Gasteiger partial charge in [0.15, 0.2) is 17.6 Å². The summed E-state index contributed by atoms with van der Waals surface area (Å²) in [5.41, 5.74) is 0. The molecule has 1 aromatic heterocycles. The van der Waals surface area contributed by atoms with Crippen molar-refractivity contribution in [3.05, 3.63) is 42.0 Å². The van der Waals surface area contributed by atoms with Gasteiger partial charge in [0, 0.05) is 32.6 Å². The average Bonchev–Trinajstić information content (AvgIpc) is 3.07. The average molecular weight is 480 g/mol. The Morgan fingerprint density at radius 3 is 2.69 bits per heavy atom. The predicted octanol–water partition coefficient (Wildman–Crippen LogP) is 1.98. The lowest BCUT2D eigenvalue weighted by atomic mass is 10.3. The van der Waals surface area contributed by atoms with E-state index >= 15 is 0 Å². The van der Waals surface area contributed by atoms with E-state index in [9.17, 15) is 8.78 Å². The molecule has 2 rings (SSSR count). The maximum absolute atomic E-state index is 13.1. The largest absolute Gasteiger partial charge is 0.492 e. The van der Waals surface area contributed by atoms with Crippen molar-refractivity contribution in [1.82, 2.24) is 25.4 Å². The van der Waals surface area contributed by atoms with Gasteiger partial charge in [-0.3, -0.25) is 4.99 Å². The molecule has 0 spiro atoms. The van der Waals surface area contributed by atoms with Crippen LogP contribution in [0.1, 0.15) is 12.7 Å². The molecule has 0 aliphatic heterocycles. The maximum Gasteiger partial charge on any atom is 0.191 e. The van der Waals surface area contributed by atoms with E-state index in [1.165, 1.54) is 6.07 Å². The van der Waals surface area contributed by atoms with Crippen LogP contribution in [-0.2, 0) is 13.0 Å². The third-order valence-electron chi connectivity index (χ3n) is 3.44. The van der Waals surface area contributed by atoms with Gasteiger partial charge < -0.3 is 19.9 Å². The molecule has 0 saturated heterocycles. The van der Waals surface area contributed by atoms with Crippen LogP contribution in [0.2, 0.25) is 0 Å². The highest BCUT2D eigenvalue weighted by Gasteiger charge is 2.04. The van der Waals surface area contributed by atoms with Crippen LogP contribution in [0.5, 0.6) is 5.75 Å². The third kappa shape index (κ3) is 6.73. The van der Waals surface area contributed by atoms with Gasteiger partial charge in [0.1, 0.15) is 24.5 Å². The molecular formula is C16H23F2IN6O. The second kappa shape index (κ2) is 11.6. The third-order valence-corrected chi connectivity index (χ3v) is 3.44. The summed E-state index contributed by atoms with van der Waals surface area (Å²) in [6.07, 6.45) is 2.53. The molecule has 0 fully saturated rings. The van der Waals surface area contributed by atoms with Gasteiger partial charge in [0.25, 0.3) is 0 Å². The molecule has 1 aromatic carbocycles. The zero-order valence-corrected chi connectivity index (χ0v) is 17.0. The van der Waals surface area contributed by atoms with Gasteiger partial charge >= 0.3 is 0 Å². The van der Waals surface area contributed by atoms with Gasteiger partial charge in [-0.25, -0.2) is 8.78 Å². The fourth-order valence-corrected chi connectivity index (χ4v) is 2.16. The number of benzene rings is 1. The minimum atomic E-state index is -0.927. The van der Waals surface area contributed by atoms with E-state index in [2.05, 4.69) is 25.8 Å². The Bertz CT molecular complexity index is 710. The summed E-state index contributed by atoms with van der Waals surface area (Å²) >= 11 is 0. The van der Waals surface area contributed by atoms with Gasteiger partial charge in [0.2, 0.25) is 0 Å². The van der Waals surface area contributed by atoms with Crippen LogP contribution in [0.3, 0.4) is 0 Å². The molecule has 0 atom stereocenters. The zero-order valence-electron chi connectivity index (χ0n) is 14.7. The summed E-state index contributed by atoms with van der Waals surface area (Å²) in [5.74, 6) is 0.0193. The van der Waals surface area contributed by atoms with Crippen molar-refractivity contribution < 1.29 is 13.5 Å². The lowest BCUT2D eigenvalue weighted by Gasteiger charge is -2.13. The second-order valence-electron chi connectivity index (χ2n) is 5.14. The first kappa shape index (κ1) is 22.1. The number of hydrogen-bond donors (Lipinski definition) is 2. The van der Waals surface area contributed by atoms with Crippen molar-refractivity contribution in [1.29, 1.82) is 0 Å². The first-order valence-corrected chi connectivity index (χ1v) is 8.03. The van der Waals surface area contributed by atoms with Gasteiger partial charge in [0.05, 0.1) is 6.54 Å². The van der Waals surface area contributed by atoms with Crippen LogP contribution in [0, 0.1) is 11.6 Å². The maximum atomic E-state index is 13.1. The minimum Gasteiger partial charge on any atom is -0.492 e. The van der Waals surface area contributed by atoms with Crippen molar-refractivity contribution >= 4 is 29.9 Å². The molecule has 2 N–H and O–H groups in total. The molecular weight excluding hydrogens is 457 g/mol. The number of rotatable bonds is 8. The number of hydrogen-bond acceptors (Lipinski definition) is 4. The SMILES string of the molecule is CCc1nncn1CCNC(=NC)NCCOc1ccc(F)c(F)c1.I. The number of halogens is 3. The van der Waals surface area contributed by atoms with Crippen molar-refractivity contribution in [2.24, 2.45) is 4.99 Å². The second-order valence-corrected chi connectivity index (χ2v) is 5.14. The van der Waals surface area contributed by atoms with Crippen LogP contribution in [0.4, 0.5) is 8.78 Å². The number of aryl methyl sites for hydroxylation is 1. The summed E-state index contributed by atoms with van der Waals surface area (Å²) in [5, 5.41) is 14.2. The molecule has 0 radical (unpaired) electrons. The molecule has 0 aliphatic rings. The molecule has 2 aromatic rings. The highest BCUT2D eigenvalue weighted by molar-refractivity contribution is 14.0. The molecule has 0 saturated carbocycles. The van der Waals surface area contributed by atoms with E-state index in [-0.39, 0.29) is 36.3 Å². The molecule has 26 heavy (non-hydrogen) atoms. The van der Waals surface area contributed by atoms with Crippen LogP contribution in [0.25, 0.3) is 0 Å². The van der Waals surface area contributed by atoms with E-state index in [0.29, 0.717) is 19.0 Å². The van der Waals surface area contributed by atoms with E-state index < -0.39 is 11.6 Å². The Hall–Kier alpha value is -1.98. The van der Waals surface area contributed by atoms with Crippen molar-refractivity contribution in [3.8, 4) is 5.75 Å². The summed E-state index contributed by atoms with van der Waals surface area (Å²) in [7, 11) is 1.67. The zero-order chi connectivity index (χ0) is 18.1. The number of aromatic nitrogens is 3. The Morgan fingerprint density at radius 2 is 2.00 bits per heavy atom. The lowest BCUT2D eigenvalue weighted by Crippen LogP contribution is -2.40. The topological polar surface area (TPSA) is 76.4 Å². The lowest BCUT2D eigenvalue weighted by molar-refractivity contribution is 0.318. The first-order valence-electron chi connectivity index (χ1n) is 8.03. The Labute approximate surface area is 168 Å². The molecule has 1 heterocycles. The molecule has 0 unspecified atom stereocenters.